The molecule has 0 aromatic rings. The van der Waals surface area contributed by atoms with Gasteiger partial charge in [0.1, 0.15) is 6.61 Å². The first-order valence-electron chi connectivity index (χ1n) is 3.01. The minimum Gasteiger partial charge on any atom is -0.466 e. The lowest BCUT2D eigenvalue weighted by Gasteiger charge is -2.12. The highest BCUT2D eigenvalue weighted by Gasteiger charge is 2.02. The van der Waals surface area contributed by atoms with Crippen molar-refractivity contribution < 1.29 is 9.53 Å². The molecule has 0 amide bonds. The van der Waals surface area contributed by atoms with Crippen molar-refractivity contribution in [3.63, 3.8) is 0 Å². The lowest BCUT2D eigenvalue weighted by molar-refractivity contribution is -0.128. The third-order valence-electron chi connectivity index (χ3n) is 1.17. The second-order valence-corrected chi connectivity index (χ2v) is 2.72. The highest BCUT2D eigenvalue weighted by molar-refractivity contribution is 8.02. The van der Waals surface area contributed by atoms with Crippen molar-refractivity contribution in [1.82, 2.24) is 4.90 Å². The predicted molar refractivity (Wildman–Crippen MR) is 40.3 cm³/mol. The summed E-state index contributed by atoms with van der Waals surface area (Å²) in [5.74, 6) is 0.974. The molecule has 56 valence electrons. The van der Waals surface area contributed by atoms with Gasteiger partial charge in [-0.3, -0.25) is 4.79 Å². The Morgan fingerprint density at radius 1 is 1.80 bits per heavy atom. The maximum Gasteiger partial charge on any atom is 0.293 e. The average Bonchev–Trinajstić information content (AvgIpc) is 2.41. The highest BCUT2D eigenvalue weighted by atomic mass is 32.2. The summed E-state index contributed by atoms with van der Waals surface area (Å²) in [5.41, 5.74) is 0. The van der Waals surface area contributed by atoms with Gasteiger partial charge >= 0.3 is 0 Å². The Kier molecular flexibility index (Phi) is 3.15. The normalized spacial score (nSPS) is 15.8. The fourth-order valence-electron chi connectivity index (χ4n) is 0.668. The summed E-state index contributed by atoms with van der Waals surface area (Å²) in [6.07, 6.45) is 2.00. The van der Waals surface area contributed by atoms with E-state index in [1.165, 1.54) is 0 Å². The largest absolute Gasteiger partial charge is 0.466 e. The summed E-state index contributed by atoms with van der Waals surface area (Å²) in [6, 6.07) is 0. The molecule has 0 atom stereocenters. The molecule has 0 aromatic carbocycles. The van der Waals surface area contributed by atoms with E-state index in [1.54, 1.807) is 11.8 Å². The summed E-state index contributed by atoms with van der Waals surface area (Å²) in [6.45, 7) is 1.75. The number of hydrogen-bond donors (Lipinski definition) is 0. The standard InChI is InChI=1S/C6H9NO2S/c8-6-9-3-1-7-2-4-10-5-7/h2,4,6H,1,3,5H2. The molecule has 0 saturated carbocycles. The molecule has 0 saturated heterocycles. The van der Waals surface area contributed by atoms with Gasteiger partial charge in [0, 0.05) is 6.20 Å². The minimum absolute atomic E-state index is 0.479. The third-order valence-corrected chi connectivity index (χ3v) is 1.97. The van der Waals surface area contributed by atoms with E-state index in [0.29, 0.717) is 13.1 Å². The van der Waals surface area contributed by atoms with Crippen molar-refractivity contribution in [3.05, 3.63) is 11.6 Å². The first-order valence-corrected chi connectivity index (χ1v) is 4.06. The van der Waals surface area contributed by atoms with Crippen LogP contribution in [0.15, 0.2) is 11.6 Å². The van der Waals surface area contributed by atoms with Gasteiger partial charge in [-0.1, -0.05) is 0 Å². The van der Waals surface area contributed by atoms with Crippen LogP contribution in [-0.2, 0) is 9.53 Å². The molecule has 4 heteroatoms. The van der Waals surface area contributed by atoms with Crippen molar-refractivity contribution in [2.75, 3.05) is 19.0 Å². The Balaban J connectivity index is 2.02. The maximum atomic E-state index is 9.71. The van der Waals surface area contributed by atoms with Crippen LogP contribution in [0.5, 0.6) is 0 Å². The van der Waals surface area contributed by atoms with Gasteiger partial charge in [-0.05, 0) is 5.41 Å². The third kappa shape index (κ3) is 2.31. The van der Waals surface area contributed by atoms with Crippen LogP contribution in [-0.4, -0.2) is 30.4 Å². The maximum absolute atomic E-state index is 9.71. The second kappa shape index (κ2) is 4.22. The number of hydrogen-bond acceptors (Lipinski definition) is 4. The molecule has 0 aromatic heterocycles. The molecule has 1 aliphatic heterocycles. The van der Waals surface area contributed by atoms with Crippen LogP contribution < -0.4 is 0 Å². The molecule has 1 heterocycles. The monoisotopic (exact) mass is 159 g/mol. The van der Waals surface area contributed by atoms with Crippen LogP contribution in [0.3, 0.4) is 0 Å². The van der Waals surface area contributed by atoms with E-state index in [1.807, 2.05) is 11.6 Å². The predicted octanol–water partition coefficient (Wildman–Crippen LogP) is 0.637. The zero-order valence-corrected chi connectivity index (χ0v) is 6.34. The molecule has 0 spiro atoms. The SMILES string of the molecule is O=COCCN1C=CSC1. The highest BCUT2D eigenvalue weighted by Crippen LogP contribution is 2.13. The molecule has 3 nitrogen and oxygen atoms in total. The summed E-state index contributed by atoms with van der Waals surface area (Å²) < 4.78 is 4.53. The van der Waals surface area contributed by atoms with Crippen molar-refractivity contribution in [2.45, 2.75) is 0 Å². The van der Waals surface area contributed by atoms with Crippen molar-refractivity contribution >= 4 is 18.2 Å². The van der Waals surface area contributed by atoms with Crippen molar-refractivity contribution in [2.24, 2.45) is 0 Å². The molecule has 0 aliphatic carbocycles. The lowest BCUT2D eigenvalue weighted by Crippen LogP contribution is -2.18. The Morgan fingerprint density at radius 2 is 2.70 bits per heavy atom. The van der Waals surface area contributed by atoms with Gasteiger partial charge in [-0.25, -0.2) is 0 Å². The molecule has 0 unspecified atom stereocenters. The number of carbonyl (C=O) groups is 1. The van der Waals surface area contributed by atoms with Crippen LogP contribution in [0.2, 0.25) is 0 Å². The van der Waals surface area contributed by atoms with Crippen molar-refractivity contribution in [3.8, 4) is 0 Å². The van der Waals surface area contributed by atoms with Gasteiger partial charge in [-0.15, -0.1) is 11.8 Å². The van der Waals surface area contributed by atoms with Crippen molar-refractivity contribution in [1.29, 1.82) is 0 Å². The first-order chi connectivity index (χ1) is 4.93. The van der Waals surface area contributed by atoms with E-state index in [4.69, 9.17) is 0 Å². The Bertz CT molecular complexity index is 138. The summed E-state index contributed by atoms with van der Waals surface area (Å²) in [7, 11) is 0. The van der Waals surface area contributed by atoms with E-state index < -0.39 is 0 Å². The van der Waals surface area contributed by atoms with Crippen LogP contribution in [0, 0.1) is 0 Å². The van der Waals surface area contributed by atoms with Gasteiger partial charge in [0.2, 0.25) is 0 Å². The van der Waals surface area contributed by atoms with Gasteiger partial charge < -0.3 is 9.64 Å². The quantitative estimate of drug-likeness (QED) is 0.444. The smallest absolute Gasteiger partial charge is 0.293 e. The molecule has 0 radical (unpaired) electrons. The van der Waals surface area contributed by atoms with E-state index in [-0.39, 0.29) is 0 Å². The number of rotatable bonds is 4. The number of ether oxygens (including phenoxy) is 1. The molecule has 1 rings (SSSR count). The zero-order chi connectivity index (χ0) is 7.23. The molecule has 10 heavy (non-hydrogen) atoms. The van der Waals surface area contributed by atoms with Crippen LogP contribution in [0.25, 0.3) is 0 Å². The molecular formula is C6H9NO2S. The average molecular weight is 159 g/mol. The summed E-state index contributed by atoms with van der Waals surface area (Å²) >= 11 is 1.74. The number of thioether (sulfide) groups is 1. The number of nitrogens with zero attached hydrogens (tertiary/aromatic N) is 1. The molecule has 0 bridgehead atoms. The van der Waals surface area contributed by atoms with E-state index in [2.05, 4.69) is 9.64 Å². The fraction of sp³-hybridized carbons (Fsp3) is 0.500. The van der Waals surface area contributed by atoms with E-state index in [9.17, 15) is 4.79 Å². The molecule has 0 N–H and O–H groups in total. The van der Waals surface area contributed by atoms with Crippen LogP contribution in [0.1, 0.15) is 0 Å². The lowest BCUT2D eigenvalue weighted by atomic mass is 10.6. The second-order valence-electron chi connectivity index (χ2n) is 1.86. The van der Waals surface area contributed by atoms with E-state index in [0.717, 1.165) is 12.4 Å². The fourth-order valence-corrected chi connectivity index (χ4v) is 1.42. The summed E-state index contributed by atoms with van der Waals surface area (Å²) in [5, 5.41) is 2.03. The van der Waals surface area contributed by atoms with Crippen LogP contribution in [0.4, 0.5) is 0 Å². The molecule has 0 fully saturated rings. The Labute approximate surface area is 64.0 Å². The molecular weight excluding hydrogens is 150 g/mol. The number of carbonyl (C=O) groups excluding carboxylic acids is 1. The van der Waals surface area contributed by atoms with Gasteiger partial charge in [0.15, 0.2) is 0 Å². The Hall–Kier alpha value is -0.640. The zero-order valence-electron chi connectivity index (χ0n) is 5.53. The Morgan fingerprint density at radius 3 is 3.30 bits per heavy atom. The first kappa shape index (κ1) is 7.47. The topological polar surface area (TPSA) is 29.5 Å². The summed E-state index contributed by atoms with van der Waals surface area (Å²) in [4.78, 5) is 11.8. The molecule has 1 aliphatic rings. The minimum atomic E-state index is 0.479. The van der Waals surface area contributed by atoms with Gasteiger partial charge in [-0.2, -0.15) is 0 Å². The van der Waals surface area contributed by atoms with Gasteiger partial charge in [0.05, 0.1) is 12.4 Å². The van der Waals surface area contributed by atoms with Gasteiger partial charge in [0.25, 0.3) is 6.47 Å². The van der Waals surface area contributed by atoms with Crippen LogP contribution >= 0.6 is 11.8 Å². The van der Waals surface area contributed by atoms with E-state index >= 15 is 0 Å².